The maximum Gasteiger partial charge on any atom is 0.263 e. The van der Waals surface area contributed by atoms with Crippen molar-refractivity contribution in [1.82, 2.24) is 5.32 Å². The minimum absolute atomic E-state index is 0.0201. The van der Waals surface area contributed by atoms with Gasteiger partial charge in [0.15, 0.2) is 0 Å². The second-order valence-electron chi connectivity index (χ2n) is 3.83. The highest BCUT2D eigenvalue weighted by Crippen LogP contribution is 2.21. The van der Waals surface area contributed by atoms with Crippen molar-refractivity contribution >= 4 is 28.6 Å². The summed E-state index contributed by atoms with van der Waals surface area (Å²) in [6.07, 6.45) is 0. The smallest absolute Gasteiger partial charge is 0.263 e. The van der Waals surface area contributed by atoms with Gasteiger partial charge in [0, 0.05) is 10.4 Å². The van der Waals surface area contributed by atoms with Crippen LogP contribution < -0.4 is 5.32 Å². The third-order valence-corrected chi connectivity index (χ3v) is 4.46. The van der Waals surface area contributed by atoms with Crippen molar-refractivity contribution in [2.24, 2.45) is 0 Å². The summed E-state index contributed by atoms with van der Waals surface area (Å²) < 4.78 is 0. The number of aliphatic hydroxyl groups is 1. The van der Waals surface area contributed by atoms with Crippen molar-refractivity contribution in [3.63, 3.8) is 0 Å². The maximum atomic E-state index is 12.2. The fraction of sp³-hybridized carbons (Fsp3) is 0.214. The number of nitrogens with one attached hydrogen (secondary N) is 1. The molecule has 5 heteroatoms. The van der Waals surface area contributed by atoms with E-state index in [1.54, 1.807) is 17.4 Å². The summed E-state index contributed by atoms with van der Waals surface area (Å²) in [4.78, 5) is 13.9. The molecule has 0 aliphatic carbocycles. The summed E-state index contributed by atoms with van der Waals surface area (Å²) in [5.41, 5.74) is 0.662. The van der Waals surface area contributed by atoms with E-state index in [4.69, 9.17) is 5.11 Å². The van der Waals surface area contributed by atoms with Crippen LogP contribution in [0.2, 0.25) is 0 Å². The lowest BCUT2D eigenvalue weighted by atomic mass is 10.2. The van der Waals surface area contributed by atoms with Crippen LogP contribution >= 0.6 is 22.7 Å². The standard InChI is InChI=1S/C14H13NO2S2/c1-10(12-5-3-8-18-12)15-14(17)13-11(4-2-7-16)6-9-19-13/h3,5-6,8-10,16H,7H2,1H3,(H,15,17). The maximum absolute atomic E-state index is 12.2. The predicted molar refractivity (Wildman–Crippen MR) is 78.5 cm³/mol. The zero-order valence-electron chi connectivity index (χ0n) is 10.3. The molecule has 0 bridgehead atoms. The largest absolute Gasteiger partial charge is 0.384 e. The Hall–Kier alpha value is -1.61. The highest BCUT2D eigenvalue weighted by atomic mass is 32.1. The fourth-order valence-corrected chi connectivity index (χ4v) is 3.08. The van der Waals surface area contributed by atoms with E-state index in [9.17, 15) is 4.79 Å². The molecule has 1 atom stereocenters. The van der Waals surface area contributed by atoms with Gasteiger partial charge in [0.2, 0.25) is 0 Å². The van der Waals surface area contributed by atoms with Gasteiger partial charge in [0.1, 0.15) is 11.5 Å². The van der Waals surface area contributed by atoms with Crippen molar-refractivity contribution in [2.75, 3.05) is 6.61 Å². The van der Waals surface area contributed by atoms with Crippen LogP contribution in [0.25, 0.3) is 0 Å². The highest BCUT2D eigenvalue weighted by molar-refractivity contribution is 7.12. The summed E-state index contributed by atoms with van der Waals surface area (Å²) in [6, 6.07) is 5.73. The first kappa shape index (κ1) is 13.8. The van der Waals surface area contributed by atoms with Crippen LogP contribution in [-0.4, -0.2) is 17.6 Å². The topological polar surface area (TPSA) is 49.3 Å². The van der Waals surface area contributed by atoms with Gasteiger partial charge >= 0.3 is 0 Å². The van der Waals surface area contributed by atoms with E-state index in [1.165, 1.54) is 11.3 Å². The lowest BCUT2D eigenvalue weighted by Crippen LogP contribution is -2.25. The Balaban J connectivity index is 2.10. The number of aliphatic hydroxyl groups excluding tert-OH is 1. The van der Waals surface area contributed by atoms with Gasteiger partial charge < -0.3 is 10.4 Å². The number of carbonyl (C=O) groups excluding carboxylic acids is 1. The Bertz CT molecular complexity index is 605. The van der Waals surface area contributed by atoms with E-state index in [-0.39, 0.29) is 18.6 Å². The molecule has 2 rings (SSSR count). The van der Waals surface area contributed by atoms with Crippen LogP contribution in [0.1, 0.15) is 33.1 Å². The Kier molecular flexibility index (Phi) is 4.74. The van der Waals surface area contributed by atoms with E-state index in [0.29, 0.717) is 10.4 Å². The predicted octanol–water partition coefficient (Wildman–Crippen LogP) is 2.64. The minimum Gasteiger partial charge on any atom is -0.384 e. The number of amides is 1. The molecule has 19 heavy (non-hydrogen) atoms. The fourth-order valence-electron chi connectivity index (χ4n) is 1.59. The minimum atomic E-state index is -0.206. The molecule has 0 spiro atoms. The van der Waals surface area contributed by atoms with Crippen molar-refractivity contribution in [1.29, 1.82) is 0 Å². The SMILES string of the molecule is CC(NC(=O)c1sccc1C#CCO)c1cccs1. The lowest BCUT2D eigenvalue weighted by molar-refractivity contribution is 0.0944. The summed E-state index contributed by atoms with van der Waals surface area (Å²) in [5, 5.41) is 15.5. The molecular formula is C14H13NO2S2. The molecule has 0 aliphatic rings. The summed E-state index contributed by atoms with van der Waals surface area (Å²) in [7, 11) is 0. The summed E-state index contributed by atoms with van der Waals surface area (Å²) >= 11 is 2.97. The zero-order valence-corrected chi connectivity index (χ0v) is 12.0. The van der Waals surface area contributed by atoms with Gasteiger partial charge in [0.05, 0.1) is 6.04 Å². The molecule has 2 heterocycles. The second-order valence-corrected chi connectivity index (χ2v) is 5.73. The Morgan fingerprint density at radius 1 is 1.42 bits per heavy atom. The molecule has 2 aromatic rings. The van der Waals surface area contributed by atoms with Gasteiger partial charge in [-0.3, -0.25) is 4.79 Å². The molecule has 98 valence electrons. The highest BCUT2D eigenvalue weighted by Gasteiger charge is 2.15. The third kappa shape index (κ3) is 3.44. The molecule has 1 unspecified atom stereocenters. The first-order valence-electron chi connectivity index (χ1n) is 5.74. The molecule has 1 amide bonds. The second kappa shape index (κ2) is 6.53. The monoisotopic (exact) mass is 291 g/mol. The molecule has 2 N–H and O–H groups in total. The lowest BCUT2D eigenvalue weighted by Gasteiger charge is -2.11. The molecule has 3 nitrogen and oxygen atoms in total. The van der Waals surface area contributed by atoms with Crippen molar-refractivity contribution < 1.29 is 9.90 Å². The average molecular weight is 291 g/mol. The van der Waals surface area contributed by atoms with E-state index in [1.807, 2.05) is 29.8 Å². The molecule has 0 saturated heterocycles. The average Bonchev–Trinajstić information content (AvgIpc) is 3.07. The first-order chi connectivity index (χ1) is 9.22. The van der Waals surface area contributed by atoms with Gasteiger partial charge in [-0.15, -0.1) is 22.7 Å². The van der Waals surface area contributed by atoms with E-state index in [2.05, 4.69) is 17.2 Å². The van der Waals surface area contributed by atoms with Crippen molar-refractivity contribution in [2.45, 2.75) is 13.0 Å². The van der Waals surface area contributed by atoms with Gasteiger partial charge in [-0.1, -0.05) is 17.9 Å². The van der Waals surface area contributed by atoms with Crippen LogP contribution in [0.5, 0.6) is 0 Å². The van der Waals surface area contributed by atoms with Crippen LogP contribution in [0.3, 0.4) is 0 Å². The Morgan fingerprint density at radius 2 is 2.26 bits per heavy atom. The van der Waals surface area contributed by atoms with Crippen LogP contribution in [-0.2, 0) is 0 Å². The number of carbonyl (C=O) groups is 1. The van der Waals surface area contributed by atoms with E-state index in [0.717, 1.165) is 4.88 Å². The summed E-state index contributed by atoms with van der Waals surface area (Å²) in [6.45, 7) is 1.75. The van der Waals surface area contributed by atoms with Gasteiger partial charge in [0.25, 0.3) is 5.91 Å². The van der Waals surface area contributed by atoms with Crippen molar-refractivity contribution in [3.8, 4) is 11.8 Å². The molecule has 2 aromatic heterocycles. The van der Waals surface area contributed by atoms with Crippen LogP contribution in [0, 0.1) is 11.8 Å². The molecule has 0 aromatic carbocycles. The van der Waals surface area contributed by atoms with Gasteiger partial charge in [-0.25, -0.2) is 0 Å². The third-order valence-electron chi connectivity index (χ3n) is 2.49. The Labute approximate surface area is 119 Å². The molecule has 0 aliphatic heterocycles. The zero-order chi connectivity index (χ0) is 13.7. The molecular weight excluding hydrogens is 278 g/mol. The van der Waals surface area contributed by atoms with Gasteiger partial charge in [-0.2, -0.15) is 0 Å². The Morgan fingerprint density at radius 3 is 2.95 bits per heavy atom. The number of rotatable bonds is 3. The molecule has 0 fully saturated rings. The number of hydrogen-bond acceptors (Lipinski definition) is 4. The quantitative estimate of drug-likeness (QED) is 0.854. The molecule has 0 radical (unpaired) electrons. The first-order valence-corrected chi connectivity index (χ1v) is 7.49. The number of thiophene rings is 2. The molecule has 0 saturated carbocycles. The normalized spacial score (nSPS) is 11.5. The van der Waals surface area contributed by atoms with E-state index >= 15 is 0 Å². The van der Waals surface area contributed by atoms with Crippen LogP contribution in [0.4, 0.5) is 0 Å². The van der Waals surface area contributed by atoms with E-state index < -0.39 is 0 Å². The van der Waals surface area contributed by atoms with Gasteiger partial charge in [-0.05, 0) is 29.8 Å². The summed E-state index contributed by atoms with van der Waals surface area (Å²) in [5.74, 6) is 5.22. The van der Waals surface area contributed by atoms with Crippen molar-refractivity contribution in [3.05, 3.63) is 44.3 Å². The number of hydrogen-bond donors (Lipinski definition) is 2. The van der Waals surface area contributed by atoms with Crippen LogP contribution in [0.15, 0.2) is 29.0 Å².